The first kappa shape index (κ1) is 19.9. The van der Waals surface area contributed by atoms with E-state index in [1.807, 2.05) is 24.3 Å². The van der Waals surface area contributed by atoms with Crippen LogP contribution in [0.4, 0.5) is 0 Å². The SMILES string of the molecule is COc1ccccc1C1(C(=O)NCC(OC)c2ccc(C)s2)CCOCC1. The van der Waals surface area contributed by atoms with Crippen molar-refractivity contribution in [2.45, 2.75) is 31.3 Å². The Labute approximate surface area is 164 Å². The number of carbonyl (C=O) groups is 1. The molecule has 1 aromatic heterocycles. The van der Waals surface area contributed by atoms with Gasteiger partial charge in [-0.1, -0.05) is 18.2 Å². The fourth-order valence-corrected chi connectivity index (χ4v) is 4.61. The molecule has 0 saturated carbocycles. The summed E-state index contributed by atoms with van der Waals surface area (Å²) in [5, 5.41) is 3.13. The van der Waals surface area contributed by atoms with Crippen molar-refractivity contribution in [1.82, 2.24) is 5.32 Å². The maximum Gasteiger partial charge on any atom is 0.231 e. The van der Waals surface area contributed by atoms with Crippen molar-refractivity contribution in [2.75, 3.05) is 34.0 Å². The first-order valence-electron chi connectivity index (χ1n) is 9.19. The van der Waals surface area contributed by atoms with E-state index in [0.717, 1.165) is 16.2 Å². The summed E-state index contributed by atoms with van der Waals surface area (Å²) in [7, 11) is 3.32. The Morgan fingerprint density at radius 1 is 1.22 bits per heavy atom. The molecule has 146 valence electrons. The lowest BCUT2D eigenvalue weighted by Gasteiger charge is -2.37. The van der Waals surface area contributed by atoms with Crippen LogP contribution >= 0.6 is 11.3 Å². The van der Waals surface area contributed by atoms with E-state index in [4.69, 9.17) is 14.2 Å². The Hall–Kier alpha value is -1.89. The quantitative estimate of drug-likeness (QED) is 0.786. The van der Waals surface area contributed by atoms with Crippen LogP contribution in [0.15, 0.2) is 36.4 Å². The number of para-hydroxylation sites is 1. The lowest BCUT2D eigenvalue weighted by atomic mass is 9.73. The first-order chi connectivity index (χ1) is 13.1. The molecule has 3 rings (SSSR count). The summed E-state index contributed by atoms with van der Waals surface area (Å²) < 4.78 is 16.7. The Bertz CT molecular complexity index is 767. The van der Waals surface area contributed by atoms with Gasteiger partial charge in [0.2, 0.25) is 5.91 Å². The summed E-state index contributed by atoms with van der Waals surface area (Å²) >= 11 is 1.69. The zero-order chi connectivity index (χ0) is 19.3. The van der Waals surface area contributed by atoms with Gasteiger partial charge in [-0.25, -0.2) is 0 Å². The van der Waals surface area contributed by atoms with E-state index in [9.17, 15) is 4.79 Å². The lowest BCUT2D eigenvalue weighted by Crippen LogP contribution is -2.49. The summed E-state index contributed by atoms with van der Waals surface area (Å²) in [5.41, 5.74) is 0.281. The second-order valence-corrected chi connectivity index (χ2v) is 8.10. The minimum atomic E-state index is -0.644. The third-order valence-electron chi connectivity index (χ3n) is 5.21. The summed E-state index contributed by atoms with van der Waals surface area (Å²) in [4.78, 5) is 15.7. The number of thiophene rings is 1. The van der Waals surface area contributed by atoms with Crippen molar-refractivity contribution in [3.05, 3.63) is 51.7 Å². The zero-order valence-corrected chi connectivity index (χ0v) is 16.9. The number of rotatable bonds is 7. The molecular formula is C21H27NO4S. The number of benzene rings is 1. The highest BCUT2D eigenvalue weighted by molar-refractivity contribution is 7.12. The molecule has 27 heavy (non-hydrogen) atoms. The summed E-state index contributed by atoms with van der Waals surface area (Å²) in [5.74, 6) is 0.748. The number of hydrogen-bond donors (Lipinski definition) is 1. The van der Waals surface area contributed by atoms with Gasteiger partial charge in [0.1, 0.15) is 11.9 Å². The Balaban J connectivity index is 1.81. The monoisotopic (exact) mass is 389 g/mol. The third kappa shape index (κ3) is 4.18. The van der Waals surface area contributed by atoms with Crippen LogP contribution in [-0.4, -0.2) is 39.9 Å². The number of aryl methyl sites for hydroxylation is 1. The average molecular weight is 390 g/mol. The van der Waals surface area contributed by atoms with E-state index in [1.165, 1.54) is 4.88 Å². The topological polar surface area (TPSA) is 56.8 Å². The van der Waals surface area contributed by atoms with Crippen molar-refractivity contribution in [3.63, 3.8) is 0 Å². The van der Waals surface area contributed by atoms with Gasteiger partial charge in [0, 0.05) is 42.2 Å². The van der Waals surface area contributed by atoms with Crippen LogP contribution in [0.5, 0.6) is 5.75 Å². The van der Waals surface area contributed by atoms with Crippen LogP contribution in [0.2, 0.25) is 0 Å². The van der Waals surface area contributed by atoms with Crippen LogP contribution in [0.25, 0.3) is 0 Å². The van der Waals surface area contributed by atoms with Crippen molar-refractivity contribution in [2.24, 2.45) is 0 Å². The molecule has 1 aromatic carbocycles. The molecule has 1 saturated heterocycles. The molecule has 2 aromatic rings. The van der Waals surface area contributed by atoms with Crippen molar-refractivity contribution < 1.29 is 19.0 Å². The fourth-order valence-electron chi connectivity index (χ4n) is 3.66. The number of methoxy groups -OCH3 is 2. The molecule has 1 aliphatic heterocycles. The molecule has 0 aliphatic carbocycles. The molecule has 6 heteroatoms. The highest BCUT2D eigenvalue weighted by Crippen LogP contribution is 2.40. The molecule has 1 aliphatic rings. The zero-order valence-electron chi connectivity index (χ0n) is 16.1. The van der Waals surface area contributed by atoms with Gasteiger partial charge in [-0.15, -0.1) is 11.3 Å². The van der Waals surface area contributed by atoms with Crippen molar-refractivity contribution in [3.8, 4) is 5.75 Å². The molecule has 1 unspecified atom stereocenters. The molecule has 1 atom stereocenters. The number of hydrogen-bond acceptors (Lipinski definition) is 5. The van der Waals surface area contributed by atoms with Crippen molar-refractivity contribution in [1.29, 1.82) is 0 Å². The van der Waals surface area contributed by atoms with Gasteiger partial charge in [-0.05, 0) is 38.0 Å². The van der Waals surface area contributed by atoms with Gasteiger partial charge < -0.3 is 19.5 Å². The second kappa shape index (κ2) is 8.87. The largest absolute Gasteiger partial charge is 0.496 e. The van der Waals surface area contributed by atoms with Gasteiger partial charge in [-0.2, -0.15) is 0 Å². The molecule has 1 fully saturated rings. The van der Waals surface area contributed by atoms with Crippen molar-refractivity contribution >= 4 is 17.2 Å². The first-order valence-corrected chi connectivity index (χ1v) is 10.0. The van der Waals surface area contributed by atoms with E-state index in [-0.39, 0.29) is 12.0 Å². The van der Waals surface area contributed by atoms with E-state index in [0.29, 0.717) is 32.6 Å². The molecule has 0 spiro atoms. The smallest absolute Gasteiger partial charge is 0.231 e. The highest BCUT2D eigenvalue weighted by Gasteiger charge is 2.43. The molecule has 1 N–H and O–H groups in total. The standard InChI is InChI=1S/C21H27NO4S/c1-15-8-9-19(27-15)18(25-3)14-22-20(23)21(10-12-26-13-11-21)16-6-4-5-7-17(16)24-2/h4-9,18H,10-14H2,1-3H3,(H,22,23). The Kier molecular flexibility index (Phi) is 6.52. The summed E-state index contributed by atoms with van der Waals surface area (Å²) in [6.07, 6.45) is 1.12. The molecule has 1 amide bonds. The maximum absolute atomic E-state index is 13.4. The number of carbonyl (C=O) groups excluding carboxylic acids is 1. The van der Waals surface area contributed by atoms with E-state index < -0.39 is 5.41 Å². The van der Waals surface area contributed by atoms with Gasteiger partial charge >= 0.3 is 0 Å². The number of nitrogens with one attached hydrogen (secondary N) is 1. The van der Waals surface area contributed by atoms with Crippen LogP contribution in [0, 0.1) is 6.92 Å². The van der Waals surface area contributed by atoms with Gasteiger partial charge in [-0.3, -0.25) is 4.79 Å². The third-order valence-corrected chi connectivity index (χ3v) is 6.31. The Morgan fingerprint density at radius 3 is 2.59 bits per heavy atom. The fraction of sp³-hybridized carbons (Fsp3) is 0.476. The molecular weight excluding hydrogens is 362 g/mol. The van der Waals surface area contributed by atoms with Gasteiger partial charge in [0.05, 0.1) is 12.5 Å². The highest BCUT2D eigenvalue weighted by atomic mass is 32.1. The number of amides is 1. The van der Waals surface area contributed by atoms with Crippen LogP contribution in [-0.2, 0) is 19.7 Å². The molecule has 0 radical (unpaired) electrons. The average Bonchev–Trinajstić information content (AvgIpc) is 3.14. The van der Waals surface area contributed by atoms with E-state index in [1.54, 1.807) is 25.6 Å². The van der Waals surface area contributed by atoms with E-state index in [2.05, 4.69) is 24.4 Å². The molecule has 2 heterocycles. The summed E-state index contributed by atoms with van der Waals surface area (Å²) in [6.45, 7) is 3.62. The predicted molar refractivity (Wildman–Crippen MR) is 107 cm³/mol. The molecule has 5 nitrogen and oxygen atoms in total. The van der Waals surface area contributed by atoms with Crippen LogP contribution in [0.1, 0.15) is 34.3 Å². The summed E-state index contributed by atoms with van der Waals surface area (Å²) in [6, 6.07) is 11.9. The minimum Gasteiger partial charge on any atom is -0.496 e. The normalized spacial score (nSPS) is 17.3. The molecule has 0 bridgehead atoms. The predicted octanol–water partition coefficient (Wildman–Crippen LogP) is 3.62. The van der Waals surface area contributed by atoms with Crippen LogP contribution in [0.3, 0.4) is 0 Å². The number of ether oxygens (including phenoxy) is 3. The maximum atomic E-state index is 13.4. The van der Waals surface area contributed by atoms with Crippen LogP contribution < -0.4 is 10.1 Å². The lowest BCUT2D eigenvalue weighted by molar-refractivity contribution is -0.131. The van der Waals surface area contributed by atoms with Gasteiger partial charge in [0.15, 0.2) is 0 Å². The Morgan fingerprint density at radius 2 is 1.96 bits per heavy atom. The van der Waals surface area contributed by atoms with E-state index >= 15 is 0 Å². The van der Waals surface area contributed by atoms with Gasteiger partial charge in [0.25, 0.3) is 0 Å². The minimum absolute atomic E-state index is 0.00521. The second-order valence-electron chi connectivity index (χ2n) is 6.78.